The number of anilines is 2. The fraction of sp³-hybridized carbons (Fsp3) is 0.667. The Morgan fingerprint density at radius 3 is 2.78 bits per heavy atom. The largest absolute Gasteiger partial charge is 0.384 e. The van der Waals surface area contributed by atoms with E-state index >= 15 is 0 Å². The number of nitrogen functional groups attached to an aromatic ring is 1. The Morgan fingerprint density at radius 1 is 1.44 bits per heavy atom. The quantitative estimate of drug-likeness (QED) is 0.753. The van der Waals surface area contributed by atoms with Gasteiger partial charge in [0.15, 0.2) is 5.82 Å². The van der Waals surface area contributed by atoms with Crippen LogP contribution in [0.25, 0.3) is 0 Å². The van der Waals surface area contributed by atoms with Crippen LogP contribution in [0.2, 0.25) is 0 Å². The third-order valence-electron chi connectivity index (χ3n) is 2.69. The molecule has 0 aliphatic rings. The Hall–Kier alpha value is -1.40. The highest BCUT2D eigenvalue weighted by Gasteiger charge is 2.06. The first-order valence-corrected chi connectivity index (χ1v) is 6.14. The lowest BCUT2D eigenvalue weighted by atomic mass is 10.3. The molecule has 0 aromatic carbocycles. The monoisotopic (exact) mass is 253 g/mol. The summed E-state index contributed by atoms with van der Waals surface area (Å²) < 4.78 is 5.28. The normalized spacial score (nSPS) is 12.7. The molecule has 1 heterocycles. The Balaban J connectivity index is 2.62. The van der Waals surface area contributed by atoms with Gasteiger partial charge in [0.05, 0.1) is 0 Å². The standard InChI is InChI=1S/C12H23N5O/c1-5-18-8-12-15-10(13)6-11(16-12)14-7-9(2)17(3)4/h6,9H,5,7-8H2,1-4H3,(H3,13,14,15,16). The number of nitrogens with two attached hydrogens (primary N) is 1. The smallest absolute Gasteiger partial charge is 0.158 e. The van der Waals surface area contributed by atoms with Gasteiger partial charge in [0.2, 0.25) is 0 Å². The van der Waals surface area contributed by atoms with Gasteiger partial charge in [0, 0.05) is 25.3 Å². The molecule has 0 fully saturated rings. The molecule has 0 saturated heterocycles. The lowest BCUT2D eigenvalue weighted by Crippen LogP contribution is -2.31. The predicted octanol–water partition coefficient (Wildman–Crippen LogP) is 0.957. The number of rotatable bonds is 7. The number of aromatic nitrogens is 2. The molecule has 0 aliphatic carbocycles. The Morgan fingerprint density at radius 2 is 2.17 bits per heavy atom. The van der Waals surface area contributed by atoms with Crippen molar-refractivity contribution in [1.29, 1.82) is 0 Å². The summed E-state index contributed by atoms with van der Waals surface area (Å²) in [5.41, 5.74) is 5.74. The van der Waals surface area contributed by atoms with E-state index in [1.807, 2.05) is 21.0 Å². The van der Waals surface area contributed by atoms with E-state index in [2.05, 4.69) is 27.1 Å². The van der Waals surface area contributed by atoms with E-state index in [4.69, 9.17) is 10.5 Å². The van der Waals surface area contributed by atoms with Gasteiger partial charge in [0.25, 0.3) is 0 Å². The summed E-state index contributed by atoms with van der Waals surface area (Å²) in [6.07, 6.45) is 0. The van der Waals surface area contributed by atoms with Crippen molar-refractivity contribution in [3.63, 3.8) is 0 Å². The molecule has 1 unspecified atom stereocenters. The third kappa shape index (κ3) is 4.85. The molecule has 1 aromatic rings. The third-order valence-corrected chi connectivity index (χ3v) is 2.69. The lowest BCUT2D eigenvalue weighted by Gasteiger charge is -2.20. The number of likely N-dealkylation sites (N-methyl/N-ethyl adjacent to an activating group) is 1. The highest BCUT2D eigenvalue weighted by atomic mass is 16.5. The van der Waals surface area contributed by atoms with Gasteiger partial charge in [-0.1, -0.05) is 0 Å². The summed E-state index contributed by atoms with van der Waals surface area (Å²) in [5, 5.41) is 3.26. The van der Waals surface area contributed by atoms with Crippen molar-refractivity contribution in [2.45, 2.75) is 26.5 Å². The molecule has 102 valence electrons. The average Bonchev–Trinajstić information content (AvgIpc) is 2.32. The van der Waals surface area contributed by atoms with Crippen molar-refractivity contribution >= 4 is 11.6 Å². The van der Waals surface area contributed by atoms with Gasteiger partial charge >= 0.3 is 0 Å². The maximum atomic E-state index is 5.74. The predicted molar refractivity (Wildman–Crippen MR) is 73.4 cm³/mol. The van der Waals surface area contributed by atoms with Gasteiger partial charge in [-0.25, -0.2) is 9.97 Å². The first-order chi connectivity index (χ1) is 8.52. The average molecular weight is 253 g/mol. The van der Waals surface area contributed by atoms with E-state index in [1.54, 1.807) is 6.07 Å². The minimum Gasteiger partial charge on any atom is -0.384 e. The molecule has 0 aliphatic heterocycles. The second-order valence-electron chi connectivity index (χ2n) is 4.42. The van der Waals surface area contributed by atoms with Crippen LogP contribution in [-0.2, 0) is 11.3 Å². The van der Waals surface area contributed by atoms with Crippen LogP contribution in [0.4, 0.5) is 11.6 Å². The van der Waals surface area contributed by atoms with E-state index in [0.29, 0.717) is 30.9 Å². The van der Waals surface area contributed by atoms with Gasteiger partial charge in [0.1, 0.15) is 18.2 Å². The number of hydrogen-bond donors (Lipinski definition) is 2. The number of ether oxygens (including phenoxy) is 1. The zero-order valence-corrected chi connectivity index (χ0v) is 11.6. The zero-order valence-electron chi connectivity index (χ0n) is 11.6. The summed E-state index contributed by atoms with van der Waals surface area (Å²) in [4.78, 5) is 10.6. The minimum atomic E-state index is 0.388. The summed E-state index contributed by atoms with van der Waals surface area (Å²) in [7, 11) is 4.09. The van der Waals surface area contributed by atoms with Crippen molar-refractivity contribution in [2.24, 2.45) is 0 Å². The summed E-state index contributed by atoms with van der Waals surface area (Å²) in [6, 6.07) is 2.15. The van der Waals surface area contributed by atoms with Crippen LogP contribution in [0, 0.1) is 0 Å². The van der Waals surface area contributed by atoms with Crippen molar-refractivity contribution in [1.82, 2.24) is 14.9 Å². The van der Waals surface area contributed by atoms with Gasteiger partial charge in [-0.2, -0.15) is 0 Å². The van der Waals surface area contributed by atoms with Crippen LogP contribution in [0.5, 0.6) is 0 Å². The SMILES string of the molecule is CCOCc1nc(N)cc(NCC(C)N(C)C)n1. The van der Waals surface area contributed by atoms with E-state index in [1.165, 1.54) is 0 Å². The summed E-state index contributed by atoms with van der Waals surface area (Å²) in [5.74, 6) is 1.81. The minimum absolute atomic E-state index is 0.388. The maximum Gasteiger partial charge on any atom is 0.158 e. The molecule has 6 nitrogen and oxygen atoms in total. The van der Waals surface area contributed by atoms with Gasteiger partial charge in [-0.3, -0.25) is 0 Å². The molecule has 1 rings (SSSR count). The number of hydrogen-bond acceptors (Lipinski definition) is 6. The van der Waals surface area contributed by atoms with E-state index < -0.39 is 0 Å². The fourth-order valence-corrected chi connectivity index (χ4v) is 1.30. The Kier molecular flexibility index (Phi) is 5.80. The van der Waals surface area contributed by atoms with Crippen molar-refractivity contribution in [2.75, 3.05) is 38.3 Å². The molecule has 3 N–H and O–H groups in total. The topological polar surface area (TPSA) is 76.3 Å². The molecule has 0 radical (unpaired) electrons. The number of nitrogens with zero attached hydrogens (tertiary/aromatic N) is 3. The first-order valence-electron chi connectivity index (χ1n) is 6.14. The highest BCUT2D eigenvalue weighted by molar-refractivity contribution is 5.44. The second kappa shape index (κ2) is 7.13. The van der Waals surface area contributed by atoms with Gasteiger partial charge in [-0.15, -0.1) is 0 Å². The maximum absolute atomic E-state index is 5.74. The van der Waals surface area contributed by atoms with Crippen molar-refractivity contribution in [3.05, 3.63) is 11.9 Å². The first kappa shape index (κ1) is 14.7. The van der Waals surface area contributed by atoms with Crippen molar-refractivity contribution in [3.8, 4) is 0 Å². The van der Waals surface area contributed by atoms with Gasteiger partial charge in [-0.05, 0) is 27.9 Å². The molecule has 6 heteroatoms. The van der Waals surface area contributed by atoms with Crippen LogP contribution < -0.4 is 11.1 Å². The van der Waals surface area contributed by atoms with Crippen LogP contribution in [0.1, 0.15) is 19.7 Å². The van der Waals surface area contributed by atoms with Crippen LogP contribution in [0.15, 0.2) is 6.07 Å². The fourth-order valence-electron chi connectivity index (χ4n) is 1.30. The lowest BCUT2D eigenvalue weighted by molar-refractivity contribution is 0.128. The zero-order chi connectivity index (χ0) is 13.5. The molecule has 0 saturated carbocycles. The van der Waals surface area contributed by atoms with Gasteiger partial charge < -0.3 is 20.7 Å². The summed E-state index contributed by atoms with van der Waals surface area (Å²) >= 11 is 0. The Labute approximate surface area is 109 Å². The van der Waals surface area contributed by atoms with E-state index in [0.717, 1.165) is 12.4 Å². The molecule has 1 atom stereocenters. The Bertz CT molecular complexity index is 369. The number of nitrogens with one attached hydrogen (secondary N) is 1. The van der Waals surface area contributed by atoms with Crippen LogP contribution in [-0.4, -0.2) is 48.2 Å². The molecule has 0 spiro atoms. The van der Waals surface area contributed by atoms with Crippen LogP contribution in [0.3, 0.4) is 0 Å². The molecule has 0 bridgehead atoms. The summed E-state index contributed by atoms with van der Waals surface area (Å²) in [6.45, 7) is 5.90. The van der Waals surface area contributed by atoms with E-state index in [9.17, 15) is 0 Å². The molecule has 0 amide bonds. The van der Waals surface area contributed by atoms with Crippen LogP contribution >= 0.6 is 0 Å². The molecule has 18 heavy (non-hydrogen) atoms. The highest BCUT2D eigenvalue weighted by Crippen LogP contribution is 2.09. The second-order valence-corrected chi connectivity index (χ2v) is 4.42. The molecule has 1 aromatic heterocycles. The molecular weight excluding hydrogens is 230 g/mol. The van der Waals surface area contributed by atoms with Crippen molar-refractivity contribution < 1.29 is 4.74 Å². The molecular formula is C12H23N5O. The van der Waals surface area contributed by atoms with E-state index in [-0.39, 0.29) is 0 Å².